The predicted octanol–water partition coefficient (Wildman–Crippen LogP) is 0.350. The van der Waals surface area contributed by atoms with E-state index in [1.807, 2.05) is 0 Å². The molecule has 5 heteroatoms. The maximum atomic E-state index is 10.4. The number of hydrogen-bond donors (Lipinski definition) is 1. The van der Waals surface area contributed by atoms with Crippen LogP contribution in [0.3, 0.4) is 0 Å². The highest BCUT2D eigenvalue weighted by Crippen LogP contribution is 2.11. The van der Waals surface area contributed by atoms with Crippen molar-refractivity contribution in [2.45, 2.75) is 6.92 Å². The summed E-state index contributed by atoms with van der Waals surface area (Å²) >= 11 is 3.25. The van der Waals surface area contributed by atoms with E-state index < -0.39 is 0 Å². The standard InChI is InChI=1S/C6H7BrN2O2/c1-4-2-6(7)8-3-5(4)9(10)11/h2,8H,3H2,1H3/p+1. The molecule has 0 spiro atoms. The Bertz CT molecular complexity index is 257. The van der Waals surface area contributed by atoms with Gasteiger partial charge in [0.25, 0.3) is 0 Å². The van der Waals surface area contributed by atoms with Gasteiger partial charge in [-0.2, -0.15) is 0 Å². The molecule has 0 fully saturated rings. The van der Waals surface area contributed by atoms with Crippen molar-refractivity contribution in [3.8, 4) is 0 Å². The average Bonchev–Trinajstić information content (AvgIpc) is 1.85. The van der Waals surface area contributed by atoms with Gasteiger partial charge in [0, 0.05) is 27.6 Å². The zero-order chi connectivity index (χ0) is 8.43. The van der Waals surface area contributed by atoms with E-state index in [1.54, 1.807) is 18.3 Å². The lowest BCUT2D eigenvalue weighted by molar-refractivity contribution is -0.610. The molecule has 0 aliphatic carbocycles. The Kier molecular flexibility index (Phi) is 2.41. The van der Waals surface area contributed by atoms with Crippen molar-refractivity contribution in [2.24, 2.45) is 0 Å². The van der Waals surface area contributed by atoms with Crippen LogP contribution in [-0.4, -0.2) is 11.5 Å². The van der Waals surface area contributed by atoms with Crippen LogP contribution in [0.25, 0.3) is 0 Å². The highest BCUT2D eigenvalue weighted by atomic mass is 79.9. The molecule has 0 amide bonds. The fourth-order valence-corrected chi connectivity index (χ4v) is 1.43. The zero-order valence-corrected chi connectivity index (χ0v) is 7.59. The van der Waals surface area contributed by atoms with E-state index in [9.17, 15) is 10.1 Å². The fourth-order valence-electron chi connectivity index (χ4n) is 0.923. The van der Waals surface area contributed by atoms with Gasteiger partial charge in [-0.25, -0.2) is 0 Å². The Morgan fingerprint density at radius 3 is 2.91 bits per heavy atom. The van der Waals surface area contributed by atoms with Gasteiger partial charge in [-0.05, 0) is 6.92 Å². The molecule has 0 saturated carbocycles. The number of rotatable bonds is 1. The highest BCUT2D eigenvalue weighted by molar-refractivity contribution is 9.11. The average molecular weight is 220 g/mol. The van der Waals surface area contributed by atoms with Crippen LogP contribution < -0.4 is 5.32 Å². The largest absolute Gasteiger partial charge is 0.303 e. The van der Waals surface area contributed by atoms with E-state index in [0.717, 1.165) is 10.2 Å². The minimum absolute atomic E-state index is 0.285. The second-order valence-electron chi connectivity index (χ2n) is 2.32. The van der Waals surface area contributed by atoms with Crippen molar-refractivity contribution in [2.75, 3.05) is 6.54 Å². The number of quaternary nitrogens is 1. The summed E-state index contributed by atoms with van der Waals surface area (Å²) in [6.07, 6.45) is 1.75. The first-order valence-corrected chi connectivity index (χ1v) is 3.95. The Hall–Kier alpha value is -0.680. The van der Waals surface area contributed by atoms with Crippen LogP contribution in [0.2, 0.25) is 0 Å². The minimum atomic E-state index is -0.332. The highest BCUT2D eigenvalue weighted by Gasteiger charge is 2.21. The number of nitrogens with zero attached hydrogens (tertiary/aromatic N) is 1. The maximum Gasteiger partial charge on any atom is 0.303 e. The van der Waals surface area contributed by atoms with E-state index in [-0.39, 0.29) is 10.6 Å². The van der Waals surface area contributed by atoms with Crippen LogP contribution in [0, 0.1) is 10.1 Å². The van der Waals surface area contributed by atoms with Crippen LogP contribution in [0.5, 0.6) is 0 Å². The monoisotopic (exact) mass is 219 g/mol. The van der Waals surface area contributed by atoms with Gasteiger partial charge in [0.05, 0.1) is 4.92 Å². The summed E-state index contributed by atoms with van der Waals surface area (Å²) in [5.41, 5.74) is 1.01. The molecule has 0 saturated heterocycles. The van der Waals surface area contributed by atoms with Crippen molar-refractivity contribution in [3.05, 3.63) is 32.1 Å². The molecule has 2 N–H and O–H groups in total. The molecule has 1 heterocycles. The molecule has 0 atom stereocenters. The van der Waals surface area contributed by atoms with Crippen molar-refractivity contribution < 1.29 is 10.2 Å². The summed E-state index contributed by atoms with van der Waals surface area (Å²) in [7, 11) is 0. The Morgan fingerprint density at radius 2 is 2.45 bits per heavy atom. The molecule has 0 radical (unpaired) electrons. The predicted molar refractivity (Wildman–Crippen MR) is 43.5 cm³/mol. The third-order valence-electron chi connectivity index (χ3n) is 1.52. The van der Waals surface area contributed by atoms with Crippen LogP contribution >= 0.6 is 15.9 Å². The third-order valence-corrected chi connectivity index (χ3v) is 2.07. The van der Waals surface area contributed by atoms with E-state index in [4.69, 9.17) is 0 Å². The van der Waals surface area contributed by atoms with Crippen molar-refractivity contribution >= 4 is 15.9 Å². The quantitative estimate of drug-likeness (QED) is 0.393. The number of nitro groups is 1. The number of halogens is 1. The molecule has 0 aromatic carbocycles. The van der Waals surface area contributed by atoms with Gasteiger partial charge in [-0.15, -0.1) is 0 Å². The lowest BCUT2D eigenvalue weighted by Crippen LogP contribution is -2.82. The van der Waals surface area contributed by atoms with Crippen molar-refractivity contribution in [1.82, 2.24) is 0 Å². The van der Waals surface area contributed by atoms with Gasteiger partial charge in [0.1, 0.15) is 0 Å². The van der Waals surface area contributed by atoms with Crippen LogP contribution in [-0.2, 0) is 0 Å². The fraction of sp³-hybridized carbons (Fsp3) is 0.333. The molecule has 0 bridgehead atoms. The van der Waals surface area contributed by atoms with E-state index >= 15 is 0 Å². The molecule has 60 valence electrons. The molecule has 1 rings (SSSR count). The summed E-state index contributed by atoms with van der Waals surface area (Å²) in [5.74, 6) is 0. The molecule has 0 aromatic rings. The van der Waals surface area contributed by atoms with Crippen LogP contribution in [0.15, 0.2) is 22.0 Å². The first kappa shape index (κ1) is 8.42. The number of nitrogens with two attached hydrogens (primary N) is 1. The van der Waals surface area contributed by atoms with E-state index in [0.29, 0.717) is 6.54 Å². The van der Waals surface area contributed by atoms with Gasteiger partial charge >= 0.3 is 5.70 Å². The van der Waals surface area contributed by atoms with Crippen molar-refractivity contribution in [1.29, 1.82) is 0 Å². The molecule has 0 unspecified atom stereocenters. The molecule has 1 aliphatic rings. The molecule has 4 nitrogen and oxygen atoms in total. The molecule has 11 heavy (non-hydrogen) atoms. The molecular weight excluding hydrogens is 212 g/mol. The Morgan fingerprint density at radius 1 is 1.82 bits per heavy atom. The SMILES string of the molecule is CC1=C([N+](=O)[O-])C[NH2+]C(Br)=C1. The summed E-state index contributed by atoms with van der Waals surface area (Å²) in [5, 5.41) is 12.1. The second-order valence-corrected chi connectivity index (χ2v) is 3.24. The third kappa shape index (κ3) is 1.87. The lowest BCUT2D eigenvalue weighted by atomic mass is 10.2. The second kappa shape index (κ2) is 3.15. The topological polar surface area (TPSA) is 59.8 Å². The smallest absolute Gasteiger partial charge is 0.299 e. The normalized spacial score (nSPS) is 18.2. The van der Waals surface area contributed by atoms with Gasteiger partial charge in [-0.1, -0.05) is 0 Å². The molecule has 1 aliphatic heterocycles. The first-order chi connectivity index (χ1) is 5.11. The maximum absolute atomic E-state index is 10.4. The van der Waals surface area contributed by atoms with Gasteiger partial charge in [0.15, 0.2) is 11.2 Å². The van der Waals surface area contributed by atoms with Crippen molar-refractivity contribution in [3.63, 3.8) is 0 Å². The summed E-state index contributed by atoms with van der Waals surface area (Å²) in [6.45, 7) is 2.16. The lowest BCUT2D eigenvalue weighted by Gasteiger charge is -2.05. The Balaban J connectivity index is 2.95. The zero-order valence-electron chi connectivity index (χ0n) is 6.00. The van der Waals surface area contributed by atoms with Gasteiger partial charge in [0.2, 0.25) is 0 Å². The van der Waals surface area contributed by atoms with E-state index in [2.05, 4.69) is 15.9 Å². The molecular formula is C6H8BrN2O2+. The van der Waals surface area contributed by atoms with Gasteiger partial charge < -0.3 is 0 Å². The number of hydrogen-bond acceptors (Lipinski definition) is 2. The number of allylic oxidation sites excluding steroid dienone is 2. The van der Waals surface area contributed by atoms with E-state index in [1.165, 1.54) is 0 Å². The Labute approximate surface area is 72.2 Å². The summed E-state index contributed by atoms with van der Waals surface area (Å²) < 4.78 is 0.917. The molecule has 0 aromatic heterocycles. The van der Waals surface area contributed by atoms with Crippen LogP contribution in [0.4, 0.5) is 0 Å². The van der Waals surface area contributed by atoms with Gasteiger partial charge in [-0.3, -0.25) is 15.4 Å². The first-order valence-electron chi connectivity index (χ1n) is 3.16. The minimum Gasteiger partial charge on any atom is -0.299 e. The summed E-state index contributed by atoms with van der Waals surface area (Å²) in [6, 6.07) is 0. The summed E-state index contributed by atoms with van der Waals surface area (Å²) in [4.78, 5) is 10.0. The van der Waals surface area contributed by atoms with Crippen LogP contribution in [0.1, 0.15) is 6.92 Å².